The van der Waals surface area contributed by atoms with E-state index in [4.69, 9.17) is 0 Å². The topological polar surface area (TPSA) is 94.2 Å². The van der Waals surface area contributed by atoms with Gasteiger partial charge in [0.2, 0.25) is 5.95 Å². The van der Waals surface area contributed by atoms with E-state index in [2.05, 4.69) is 31.2 Å². The highest BCUT2D eigenvalue weighted by atomic mass is 19.1. The molecule has 0 aliphatic carbocycles. The van der Waals surface area contributed by atoms with Crippen LogP contribution in [0.15, 0.2) is 59.4 Å². The zero-order chi connectivity index (χ0) is 25.2. The van der Waals surface area contributed by atoms with E-state index >= 15 is 0 Å². The second-order valence-corrected chi connectivity index (χ2v) is 8.91. The first-order valence-corrected chi connectivity index (χ1v) is 11.9. The zero-order valence-corrected chi connectivity index (χ0v) is 20.2. The van der Waals surface area contributed by atoms with Crippen molar-refractivity contribution in [3.8, 4) is 11.1 Å². The molecular formula is C27H27FN6O2. The number of aryl methyl sites for hydroxylation is 1. The summed E-state index contributed by atoms with van der Waals surface area (Å²) in [5.41, 5.74) is 5.28. The second-order valence-electron chi connectivity index (χ2n) is 8.91. The lowest BCUT2D eigenvalue weighted by Crippen LogP contribution is -2.46. The molecule has 4 aromatic rings. The van der Waals surface area contributed by atoms with Gasteiger partial charge in [0.25, 0.3) is 11.5 Å². The number of piperazine rings is 1. The Bertz CT molecular complexity index is 1480. The number of aromatic amines is 1. The summed E-state index contributed by atoms with van der Waals surface area (Å²) in [5, 5.41) is 2.46. The van der Waals surface area contributed by atoms with Crippen LogP contribution in [0, 0.1) is 12.9 Å². The number of pyridine rings is 1. The number of fused-ring (bicyclic) bond motifs is 1. The number of carbonyl (C=O) groups is 1. The molecule has 2 aromatic heterocycles. The average Bonchev–Trinajstić information content (AvgIpc) is 2.90. The minimum atomic E-state index is -0.640. The molecule has 8 nitrogen and oxygen atoms in total. The van der Waals surface area contributed by atoms with E-state index in [1.54, 1.807) is 19.1 Å². The van der Waals surface area contributed by atoms with E-state index in [9.17, 15) is 14.0 Å². The van der Waals surface area contributed by atoms with E-state index < -0.39 is 11.9 Å². The minimum absolute atomic E-state index is 0.0608. The van der Waals surface area contributed by atoms with Crippen LogP contribution in [0.3, 0.4) is 0 Å². The predicted octanol–water partition coefficient (Wildman–Crippen LogP) is 3.11. The number of nitrogens with one attached hydrogen (secondary N) is 2. The van der Waals surface area contributed by atoms with Crippen LogP contribution >= 0.6 is 0 Å². The molecule has 0 radical (unpaired) electrons. The molecule has 5 rings (SSSR count). The van der Waals surface area contributed by atoms with Crippen LogP contribution in [0.5, 0.6) is 0 Å². The summed E-state index contributed by atoms with van der Waals surface area (Å²) in [5.74, 6) is -1.06. The third-order valence-corrected chi connectivity index (χ3v) is 6.52. The summed E-state index contributed by atoms with van der Waals surface area (Å²) < 4.78 is 14.6. The van der Waals surface area contributed by atoms with Gasteiger partial charge in [-0.05, 0) is 42.3 Å². The van der Waals surface area contributed by atoms with E-state index in [0.717, 1.165) is 35.3 Å². The number of nitrogens with zero attached hydrogens (tertiary/aromatic N) is 4. The van der Waals surface area contributed by atoms with E-state index in [1.165, 1.54) is 7.05 Å². The molecule has 36 heavy (non-hydrogen) atoms. The maximum atomic E-state index is 14.6. The Morgan fingerprint density at radius 3 is 2.50 bits per heavy atom. The summed E-state index contributed by atoms with van der Waals surface area (Å²) in [6, 6.07) is 17.3. The summed E-state index contributed by atoms with van der Waals surface area (Å²) >= 11 is 0. The average molecular weight is 487 g/mol. The Hall–Kier alpha value is -4.11. The Morgan fingerprint density at radius 1 is 1.06 bits per heavy atom. The smallest absolute Gasteiger partial charge is 0.269 e. The van der Waals surface area contributed by atoms with E-state index in [-0.39, 0.29) is 11.3 Å². The first-order chi connectivity index (χ1) is 17.4. The third kappa shape index (κ3) is 4.70. The monoisotopic (exact) mass is 486 g/mol. The molecule has 0 spiro atoms. The number of benzene rings is 2. The van der Waals surface area contributed by atoms with Gasteiger partial charge in [0, 0.05) is 45.3 Å². The lowest BCUT2D eigenvalue weighted by Gasteiger charge is -2.36. The molecule has 1 amide bonds. The molecule has 184 valence electrons. The lowest BCUT2D eigenvalue weighted by atomic mass is 10.00. The number of hydrogen-bond donors (Lipinski definition) is 2. The van der Waals surface area contributed by atoms with Crippen molar-refractivity contribution in [2.75, 3.05) is 38.1 Å². The van der Waals surface area contributed by atoms with E-state index in [1.807, 2.05) is 41.3 Å². The molecule has 2 aromatic carbocycles. The number of carbonyl (C=O) groups excluding carboxylic acids is 1. The maximum absolute atomic E-state index is 14.6. The standard InChI is InChI=1S/C27H27FN6O2/c1-17-26(35)32-22-15-18(14-20(24(22)30-17)19-6-4-3-5-7-19)16-33-10-12-34(13-11-33)23-9-8-21(27(36)29-2)31-25(23)28/h3-9,14-15H,10-13,16H2,1-2H3,(H,29,36)(H,32,35). The van der Waals surface area contributed by atoms with Crippen LogP contribution in [0.25, 0.3) is 22.2 Å². The SMILES string of the molecule is CNC(=O)c1ccc(N2CCN(Cc3cc(-c4ccccc4)c4nc(C)c(=O)[nH]c4c3)CC2)c(F)n1. The molecule has 1 aliphatic heterocycles. The molecule has 0 unspecified atom stereocenters. The maximum Gasteiger partial charge on any atom is 0.269 e. The highest BCUT2D eigenvalue weighted by Crippen LogP contribution is 2.29. The number of hydrogen-bond acceptors (Lipinski definition) is 6. The molecule has 0 atom stereocenters. The highest BCUT2D eigenvalue weighted by Gasteiger charge is 2.22. The van der Waals surface area contributed by atoms with Gasteiger partial charge in [0.15, 0.2) is 0 Å². The molecule has 0 saturated carbocycles. The molecule has 2 N–H and O–H groups in total. The van der Waals surface area contributed by atoms with Crippen molar-refractivity contribution < 1.29 is 9.18 Å². The van der Waals surface area contributed by atoms with Crippen molar-refractivity contribution in [1.82, 2.24) is 25.2 Å². The number of anilines is 1. The Labute approximate surface area is 207 Å². The number of halogens is 1. The molecule has 1 saturated heterocycles. The molecule has 1 fully saturated rings. The fourth-order valence-electron chi connectivity index (χ4n) is 4.59. The van der Waals surface area contributed by atoms with Crippen LogP contribution in [0.4, 0.5) is 10.1 Å². The minimum Gasteiger partial charge on any atom is -0.365 e. The first-order valence-electron chi connectivity index (χ1n) is 11.9. The van der Waals surface area contributed by atoms with Crippen LogP contribution in [-0.4, -0.2) is 59.0 Å². The van der Waals surface area contributed by atoms with Crippen LogP contribution in [0.2, 0.25) is 0 Å². The van der Waals surface area contributed by atoms with Crippen molar-refractivity contribution in [1.29, 1.82) is 0 Å². The van der Waals surface area contributed by atoms with Gasteiger partial charge >= 0.3 is 0 Å². The van der Waals surface area contributed by atoms with Gasteiger partial charge in [-0.25, -0.2) is 9.97 Å². The van der Waals surface area contributed by atoms with Gasteiger partial charge in [0.05, 0.1) is 16.7 Å². The van der Waals surface area contributed by atoms with Crippen molar-refractivity contribution in [3.63, 3.8) is 0 Å². The number of rotatable bonds is 5. The van der Waals surface area contributed by atoms with Gasteiger partial charge in [0.1, 0.15) is 11.4 Å². The normalized spacial score (nSPS) is 14.2. The highest BCUT2D eigenvalue weighted by molar-refractivity contribution is 5.92. The molecule has 3 heterocycles. The van der Waals surface area contributed by atoms with Crippen LogP contribution < -0.4 is 15.8 Å². The van der Waals surface area contributed by atoms with Crippen LogP contribution in [-0.2, 0) is 6.54 Å². The summed E-state index contributed by atoms with van der Waals surface area (Å²) in [6.07, 6.45) is 0. The van der Waals surface area contributed by atoms with Gasteiger partial charge in [-0.1, -0.05) is 30.3 Å². The number of amides is 1. The molecule has 9 heteroatoms. The largest absolute Gasteiger partial charge is 0.365 e. The van der Waals surface area contributed by atoms with Crippen LogP contribution in [0.1, 0.15) is 21.7 Å². The van der Waals surface area contributed by atoms with Gasteiger partial charge in [-0.15, -0.1) is 0 Å². The Balaban J connectivity index is 1.36. The number of H-pyrrole nitrogens is 1. The Morgan fingerprint density at radius 2 is 1.81 bits per heavy atom. The molecule has 1 aliphatic rings. The molecule has 0 bridgehead atoms. The fraction of sp³-hybridized carbons (Fsp3) is 0.259. The predicted molar refractivity (Wildman–Crippen MR) is 138 cm³/mol. The van der Waals surface area contributed by atoms with Crippen molar-refractivity contribution in [2.45, 2.75) is 13.5 Å². The fourth-order valence-corrected chi connectivity index (χ4v) is 4.59. The number of aromatic nitrogens is 3. The van der Waals surface area contributed by atoms with Gasteiger partial charge in [-0.3, -0.25) is 14.5 Å². The lowest BCUT2D eigenvalue weighted by molar-refractivity contribution is 0.0957. The summed E-state index contributed by atoms with van der Waals surface area (Å²) in [6.45, 7) is 5.14. The zero-order valence-electron chi connectivity index (χ0n) is 20.2. The Kier molecular flexibility index (Phi) is 6.47. The summed E-state index contributed by atoms with van der Waals surface area (Å²) in [7, 11) is 1.49. The second kappa shape index (κ2) is 9.87. The summed E-state index contributed by atoms with van der Waals surface area (Å²) in [4.78, 5) is 39.6. The van der Waals surface area contributed by atoms with Gasteiger partial charge in [-0.2, -0.15) is 4.39 Å². The quantitative estimate of drug-likeness (QED) is 0.421. The van der Waals surface area contributed by atoms with E-state index in [0.29, 0.717) is 36.5 Å². The third-order valence-electron chi connectivity index (χ3n) is 6.52. The molecular weight excluding hydrogens is 459 g/mol. The van der Waals surface area contributed by atoms with Crippen molar-refractivity contribution in [2.24, 2.45) is 0 Å². The van der Waals surface area contributed by atoms with Crippen molar-refractivity contribution >= 4 is 22.6 Å². The first kappa shape index (κ1) is 23.6. The van der Waals surface area contributed by atoms with Gasteiger partial charge < -0.3 is 15.2 Å². The van der Waals surface area contributed by atoms with Crippen molar-refractivity contribution in [3.05, 3.63) is 87.9 Å².